The van der Waals surface area contributed by atoms with E-state index in [1.165, 1.54) is 0 Å². The Morgan fingerprint density at radius 1 is 1.57 bits per heavy atom. The standard InChI is InChI=1S/C8H10N4O2/c1-5(13)8-10-6(11-14-8)7-9-3-4-12(7)2/h3-5,13H,1-2H3/t5-/m0/s1. The highest BCUT2D eigenvalue weighted by Crippen LogP contribution is 2.15. The Hall–Kier alpha value is -1.69. The lowest BCUT2D eigenvalue weighted by atomic mass is 10.4. The number of imidazole rings is 1. The molecule has 0 unspecified atom stereocenters. The fourth-order valence-electron chi connectivity index (χ4n) is 1.08. The van der Waals surface area contributed by atoms with Crippen LogP contribution in [0, 0.1) is 0 Å². The van der Waals surface area contributed by atoms with Gasteiger partial charge in [0.05, 0.1) is 0 Å². The maximum Gasteiger partial charge on any atom is 0.255 e. The third-order valence-electron chi connectivity index (χ3n) is 1.82. The number of hydrogen-bond donors (Lipinski definition) is 1. The van der Waals surface area contributed by atoms with Crippen molar-refractivity contribution in [2.75, 3.05) is 0 Å². The van der Waals surface area contributed by atoms with Gasteiger partial charge in [-0.15, -0.1) is 0 Å². The minimum atomic E-state index is -0.753. The lowest BCUT2D eigenvalue weighted by molar-refractivity contribution is 0.152. The summed E-state index contributed by atoms with van der Waals surface area (Å²) < 4.78 is 6.61. The van der Waals surface area contributed by atoms with Crippen LogP contribution >= 0.6 is 0 Å². The zero-order valence-electron chi connectivity index (χ0n) is 7.88. The topological polar surface area (TPSA) is 77.0 Å². The largest absolute Gasteiger partial charge is 0.384 e. The van der Waals surface area contributed by atoms with E-state index in [1.54, 1.807) is 23.9 Å². The number of nitrogens with zero attached hydrogens (tertiary/aromatic N) is 4. The third-order valence-corrected chi connectivity index (χ3v) is 1.82. The molecular formula is C8H10N4O2. The molecule has 0 spiro atoms. The molecule has 74 valence electrons. The van der Waals surface area contributed by atoms with E-state index in [9.17, 15) is 5.11 Å². The molecule has 0 aliphatic rings. The van der Waals surface area contributed by atoms with E-state index in [4.69, 9.17) is 4.52 Å². The molecule has 2 aromatic rings. The zero-order chi connectivity index (χ0) is 10.1. The summed E-state index contributed by atoms with van der Waals surface area (Å²) in [5.41, 5.74) is 0. The molecular weight excluding hydrogens is 184 g/mol. The molecule has 6 heteroatoms. The Morgan fingerprint density at radius 3 is 2.86 bits per heavy atom. The molecule has 0 amide bonds. The summed E-state index contributed by atoms with van der Waals surface area (Å²) >= 11 is 0. The van der Waals surface area contributed by atoms with Gasteiger partial charge in [-0.3, -0.25) is 0 Å². The SMILES string of the molecule is C[C@H](O)c1nc(-c2nccn2C)no1. The second-order valence-corrected chi connectivity index (χ2v) is 2.99. The summed E-state index contributed by atoms with van der Waals surface area (Å²) in [7, 11) is 1.83. The highest BCUT2D eigenvalue weighted by Gasteiger charge is 2.14. The molecule has 0 aliphatic carbocycles. The lowest BCUT2D eigenvalue weighted by Crippen LogP contribution is -1.94. The van der Waals surface area contributed by atoms with Gasteiger partial charge in [-0.05, 0) is 6.92 Å². The summed E-state index contributed by atoms with van der Waals surface area (Å²) in [4.78, 5) is 8.06. The Balaban J connectivity index is 2.39. The van der Waals surface area contributed by atoms with Gasteiger partial charge in [0.1, 0.15) is 6.10 Å². The van der Waals surface area contributed by atoms with Crippen molar-refractivity contribution < 1.29 is 9.63 Å². The first-order chi connectivity index (χ1) is 6.68. The van der Waals surface area contributed by atoms with E-state index in [0.717, 1.165) is 0 Å². The monoisotopic (exact) mass is 194 g/mol. The summed E-state index contributed by atoms with van der Waals surface area (Å²) in [5.74, 6) is 1.19. The van der Waals surface area contributed by atoms with E-state index in [1.807, 2.05) is 7.05 Å². The second-order valence-electron chi connectivity index (χ2n) is 2.99. The van der Waals surface area contributed by atoms with Crippen LogP contribution in [0.3, 0.4) is 0 Å². The van der Waals surface area contributed by atoms with Gasteiger partial charge in [0.2, 0.25) is 5.82 Å². The van der Waals surface area contributed by atoms with E-state index in [2.05, 4.69) is 15.1 Å². The third kappa shape index (κ3) is 1.39. The average Bonchev–Trinajstić information content (AvgIpc) is 2.71. The van der Waals surface area contributed by atoms with E-state index in [0.29, 0.717) is 11.6 Å². The zero-order valence-corrected chi connectivity index (χ0v) is 7.88. The minimum absolute atomic E-state index is 0.197. The van der Waals surface area contributed by atoms with Crippen molar-refractivity contribution in [3.8, 4) is 11.6 Å². The molecule has 2 rings (SSSR count). The van der Waals surface area contributed by atoms with Crippen molar-refractivity contribution >= 4 is 0 Å². The first-order valence-corrected chi connectivity index (χ1v) is 4.18. The maximum absolute atomic E-state index is 9.18. The van der Waals surface area contributed by atoms with Gasteiger partial charge >= 0.3 is 0 Å². The van der Waals surface area contributed by atoms with Gasteiger partial charge in [0.25, 0.3) is 5.89 Å². The number of aliphatic hydroxyl groups is 1. The number of aromatic nitrogens is 4. The van der Waals surface area contributed by atoms with Gasteiger partial charge in [0.15, 0.2) is 5.82 Å². The highest BCUT2D eigenvalue weighted by molar-refractivity contribution is 5.42. The number of aryl methyl sites for hydroxylation is 1. The van der Waals surface area contributed by atoms with Crippen molar-refractivity contribution in [2.24, 2.45) is 7.05 Å². The lowest BCUT2D eigenvalue weighted by Gasteiger charge is -1.93. The molecule has 14 heavy (non-hydrogen) atoms. The molecule has 0 radical (unpaired) electrons. The van der Waals surface area contributed by atoms with Crippen LogP contribution in [-0.2, 0) is 7.05 Å². The second kappa shape index (κ2) is 3.22. The van der Waals surface area contributed by atoms with Crippen LogP contribution < -0.4 is 0 Å². The average molecular weight is 194 g/mol. The number of hydrogen-bond acceptors (Lipinski definition) is 5. The molecule has 2 aromatic heterocycles. The fourth-order valence-corrected chi connectivity index (χ4v) is 1.08. The maximum atomic E-state index is 9.18. The molecule has 0 fully saturated rings. The molecule has 1 atom stereocenters. The Bertz CT molecular complexity index is 432. The summed E-state index contributed by atoms with van der Waals surface area (Å²) in [6.07, 6.45) is 2.68. The summed E-state index contributed by atoms with van der Waals surface area (Å²) in [6.45, 7) is 1.57. The van der Waals surface area contributed by atoms with E-state index < -0.39 is 6.10 Å². The van der Waals surface area contributed by atoms with Crippen molar-refractivity contribution in [1.29, 1.82) is 0 Å². The van der Waals surface area contributed by atoms with Crippen LogP contribution in [0.5, 0.6) is 0 Å². The first kappa shape index (κ1) is 8.89. The smallest absolute Gasteiger partial charge is 0.255 e. The van der Waals surface area contributed by atoms with Crippen molar-refractivity contribution in [2.45, 2.75) is 13.0 Å². The van der Waals surface area contributed by atoms with E-state index >= 15 is 0 Å². The quantitative estimate of drug-likeness (QED) is 0.754. The molecule has 0 saturated heterocycles. The van der Waals surface area contributed by atoms with Crippen molar-refractivity contribution in [1.82, 2.24) is 19.7 Å². The van der Waals surface area contributed by atoms with Crippen LogP contribution in [0.25, 0.3) is 11.6 Å². The summed E-state index contributed by atoms with van der Waals surface area (Å²) in [6, 6.07) is 0. The van der Waals surface area contributed by atoms with Gasteiger partial charge in [-0.1, -0.05) is 5.16 Å². The van der Waals surface area contributed by atoms with Gasteiger partial charge in [-0.25, -0.2) is 4.98 Å². The van der Waals surface area contributed by atoms with Gasteiger partial charge in [-0.2, -0.15) is 4.98 Å². The van der Waals surface area contributed by atoms with Gasteiger partial charge in [0, 0.05) is 19.4 Å². The van der Waals surface area contributed by atoms with Gasteiger partial charge < -0.3 is 14.2 Å². The van der Waals surface area contributed by atoms with Crippen LogP contribution in [0.2, 0.25) is 0 Å². The van der Waals surface area contributed by atoms with Crippen LogP contribution in [0.4, 0.5) is 0 Å². The fraction of sp³-hybridized carbons (Fsp3) is 0.375. The van der Waals surface area contributed by atoms with E-state index in [-0.39, 0.29) is 5.89 Å². The first-order valence-electron chi connectivity index (χ1n) is 4.18. The Labute approximate surface area is 80.2 Å². The highest BCUT2D eigenvalue weighted by atomic mass is 16.5. The van der Waals surface area contributed by atoms with Crippen LogP contribution in [-0.4, -0.2) is 24.8 Å². The van der Waals surface area contributed by atoms with Crippen molar-refractivity contribution in [3.05, 3.63) is 18.3 Å². The molecule has 0 aromatic carbocycles. The Morgan fingerprint density at radius 2 is 2.36 bits per heavy atom. The molecule has 1 N–H and O–H groups in total. The van der Waals surface area contributed by atoms with Crippen LogP contribution in [0.1, 0.15) is 18.9 Å². The molecule has 0 saturated carbocycles. The minimum Gasteiger partial charge on any atom is -0.384 e. The predicted molar refractivity (Wildman–Crippen MR) is 47.1 cm³/mol. The Kier molecular flexibility index (Phi) is 2.05. The molecule has 6 nitrogen and oxygen atoms in total. The number of aliphatic hydroxyl groups excluding tert-OH is 1. The molecule has 0 aliphatic heterocycles. The summed E-state index contributed by atoms with van der Waals surface area (Å²) in [5, 5.41) is 12.9. The predicted octanol–water partition coefficient (Wildman–Crippen LogP) is 0.523. The van der Waals surface area contributed by atoms with Crippen LogP contribution in [0.15, 0.2) is 16.9 Å². The normalized spacial score (nSPS) is 13.1. The number of rotatable bonds is 2. The molecule has 2 heterocycles. The van der Waals surface area contributed by atoms with Crippen molar-refractivity contribution in [3.63, 3.8) is 0 Å². The molecule has 0 bridgehead atoms.